The third-order valence-corrected chi connectivity index (χ3v) is 4.73. The molecule has 2 atom stereocenters. The standard InChI is InChI=1S/C17H22N4/c1-2-6-16(7-3-1)21-10-8-15(19-21)12-20-11-14-5-4-9-18-17(14)13-20/h1-3,6-8,10,14,17-18H,4-5,9,11-13H2. The van der Waals surface area contributed by atoms with Crippen molar-refractivity contribution >= 4 is 0 Å². The Morgan fingerprint density at radius 1 is 1.14 bits per heavy atom. The van der Waals surface area contributed by atoms with Crippen molar-refractivity contribution in [3.8, 4) is 5.69 Å². The van der Waals surface area contributed by atoms with Crippen molar-refractivity contribution in [3.63, 3.8) is 0 Å². The van der Waals surface area contributed by atoms with Crippen molar-refractivity contribution in [2.45, 2.75) is 25.4 Å². The van der Waals surface area contributed by atoms with Gasteiger partial charge in [-0.3, -0.25) is 4.90 Å². The lowest BCUT2D eigenvalue weighted by Crippen LogP contribution is -2.40. The number of hydrogen-bond donors (Lipinski definition) is 1. The van der Waals surface area contributed by atoms with Gasteiger partial charge in [0.25, 0.3) is 0 Å². The predicted octanol–water partition coefficient (Wildman–Crippen LogP) is 2.06. The Balaban J connectivity index is 1.43. The maximum Gasteiger partial charge on any atom is 0.0769 e. The van der Waals surface area contributed by atoms with Gasteiger partial charge in [0.1, 0.15) is 0 Å². The highest BCUT2D eigenvalue weighted by Gasteiger charge is 2.34. The van der Waals surface area contributed by atoms with Gasteiger partial charge in [-0.1, -0.05) is 18.2 Å². The molecule has 2 aromatic rings. The molecule has 0 bridgehead atoms. The summed E-state index contributed by atoms with van der Waals surface area (Å²) in [4.78, 5) is 2.55. The van der Waals surface area contributed by atoms with Gasteiger partial charge in [-0.25, -0.2) is 4.68 Å². The summed E-state index contributed by atoms with van der Waals surface area (Å²) in [6.07, 6.45) is 4.77. The fourth-order valence-corrected chi connectivity index (χ4v) is 3.66. The molecule has 4 nitrogen and oxygen atoms in total. The van der Waals surface area contributed by atoms with Crippen LogP contribution in [0, 0.1) is 5.92 Å². The molecule has 0 aliphatic carbocycles. The zero-order chi connectivity index (χ0) is 14.1. The summed E-state index contributed by atoms with van der Waals surface area (Å²) in [5.41, 5.74) is 2.29. The Kier molecular flexibility index (Phi) is 3.49. The monoisotopic (exact) mass is 282 g/mol. The maximum absolute atomic E-state index is 4.72. The minimum Gasteiger partial charge on any atom is -0.312 e. The van der Waals surface area contributed by atoms with Crippen LogP contribution in [0.2, 0.25) is 0 Å². The van der Waals surface area contributed by atoms with Crippen LogP contribution in [-0.2, 0) is 6.54 Å². The third-order valence-electron chi connectivity index (χ3n) is 4.73. The molecule has 0 radical (unpaired) electrons. The van der Waals surface area contributed by atoms with Crippen molar-refractivity contribution in [2.24, 2.45) is 5.92 Å². The summed E-state index contributed by atoms with van der Waals surface area (Å²) in [6, 6.07) is 13.2. The summed E-state index contributed by atoms with van der Waals surface area (Å²) in [6.45, 7) is 4.55. The van der Waals surface area contributed by atoms with E-state index in [4.69, 9.17) is 5.10 Å². The van der Waals surface area contributed by atoms with Crippen LogP contribution in [-0.4, -0.2) is 40.4 Å². The molecule has 4 heteroatoms. The van der Waals surface area contributed by atoms with Crippen LogP contribution in [0.1, 0.15) is 18.5 Å². The SMILES string of the molecule is c1ccc(-n2ccc(CN3CC4CCCNC4C3)n2)cc1. The molecule has 2 saturated heterocycles. The molecule has 0 amide bonds. The maximum atomic E-state index is 4.72. The molecule has 2 unspecified atom stereocenters. The zero-order valence-electron chi connectivity index (χ0n) is 12.3. The van der Waals surface area contributed by atoms with Crippen LogP contribution in [0.4, 0.5) is 0 Å². The van der Waals surface area contributed by atoms with Gasteiger partial charge in [-0.15, -0.1) is 0 Å². The van der Waals surface area contributed by atoms with E-state index in [1.165, 1.54) is 32.5 Å². The fraction of sp³-hybridized carbons (Fsp3) is 0.471. The number of nitrogens with zero attached hydrogens (tertiary/aromatic N) is 3. The largest absolute Gasteiger partial charge is 0.312 e. The molecule has 2 aliphatic rings. The number of fused-ring (bicyclic) bond motifs is 1. The Morgan fingerprint density at radius 3 is 2.90 bits per heavy atom. The Hall–Kier alpha value is -1.65. The predicted molar refractivity (Wildman–Crippen MR) is 83.4 cm³/mol. The van der Waals surface area contributed by atoms with Crippen LogP contribution in [0.5, 0.6) is 0 Å². The van der Waals surface area contributed by atoms with Crippen LogP contribution in [0.3, 0.4) is 0 Å². The molecule has 1 N–H and O–H groups in total. The van der Waals surface area contributed by atoms with Crippen LogP contribution in [0.15, 0.2) is 42.6 Å². The van der Waals surface area contributed by atoms with Gasteiger partial charge in [-0.05, 0) is 43.5 Å². The third kappa shape index (κ3) is 2.74. The number of hydrogen-bond acceptors (Lipinski definition) is 3. The van der Waals surface area contributed by atoms with E-state index in [1.807, 2.05) is 22.9 Å². The molecule has 1 aromatic heterocycles. The van der Waals surface area contributed by atoms with Gasteiger partial charge in [0.2, 0.25) is 0 Å². The summed E-state index contributed by atoms with van der Waals surface area (Å²) in [5, 5.41) is 8.38. The van der Waals surface area contributed by atoms with E-state index >= 15 is 0 Å². The zero-order valence-corrected chi connectivity index (χ0v) is 12.3. The van der Waals surface area contributed by atoms with E-state index in [9.17, 15) is 0 Å². The molecule has 0 spiro atoms. The van der Waals surface area contributed by atoms with Gasteiger partial charge < -0.3 is 5.32 Å². The number of nitrogens with one attached hydrogen (secondary N) is 1. The van der Waals surface area contributed by atoms with Crippen LogP contribution < -0.4 is 5.32 Å². The molecule has 110 valence electrons. The van der Waals surface area contributed by atoms with E-state index in [2.05, 4.69) is 34.6 Å². The van der Waals surface area contributed by atoms with Gasteiger partial charge in [0, 0.05) is 31.9 Å². The van der Waals surface area contributed by atoms with E-state index < -0.39 is 0 Å². The molecule has 21 heavy (non-hydrogen) atoms. The van der Waals surface area contributed by atoms with Crippen molar-refractivity contribution in [1.29, 1.82) is 0 Å². The number of aromatic nitrogens is 2. The highest BCUT2D eigenvalue weighted by atomic mass is 15.3. The highest BCUT2D eigenvalue weighted by molar-refractivity contribution is 5.30. The van der Waals surface area contributed by atoms with E-state index in [0.717, 1.165) is 23.8 Å². The first-order valence-electron chi connectivity index (χ1n) is 7.94. The lowest BCUT2D eigenvalue weighted by atomic mass is 9.94. The fourth-order valence-electron chi connectivity index (χ4n) is 3.66. The van der Waals surface area contributed by atoms with Gasteiger partial charge in [-0.2, -0.15) is 5.10 Å². The first-order valence-corrected chi connectivity index (χ1v) is 7.94. The number of rotatable bonds is 3. The molecule has 3 heterocycles. The molecule has 2 aliphatic heterocycles. The number of likely N-dealkylation sites (tertiary alicyclic amines) is 1. The highest BCUT2D eigenvalue weighted by Crippen LogP contribution is 2.25. The first-order chi connectivity index (χ1) is 10.4. The van der Waals surface area contributed by atoms with Crippen molar-refractivity contribution in [1.82, 2.24) is 20.0 Å². The van der Waals surface area contributed by atoms with Crippen LogP contribution in [0.25, 0.3) is 5.69 Å². The second kappa shape index (κ2) is 5.62. The molecular weight excluding hydrogens is 260 g/mol. The normalized spacial score (nSPS) is 25.9. The lowest BCUT2D eigenvalue weighted by molar-refractivity contribution is 0.308. The van der Waals surface area contributed by atoms with Crippen LogP contribution >= 0.6 is 0 Å². The number of benzene rings is 1. The molecule has 0 saturated carbocycles. The first kappa shape index (κ1) is 13.0. The summed E-state index contributed by atoms with van der Waals surface area (Å²) in [7, 11) is 0. The lowest BCUT2D eigenvalue weighted by Gasteiger charge is -2.24. The Labute approximate surface area is 125 Å². The Morgan fingerprint density at radius 2 is 2.05 bits per heavy atom. The second-order valence-corrected chi connectivity index (χ2v) is 6.24. The van der Waals surface area contributed by atoms with Crippen molar-refractivity contribution in [3.05, 3.63) is 48.3 Å². The summed E-state index contributed by atoms with van der Waals surface area (Å²) in [5.74, 6) is 0.843. The molecule has 2 fully saturated rings. The quantitative estimate of drug-likeness (QED) is 0.935. The van der Waals surface area contributed by atoms with E-state index in [1.54, 1.807) is 0 Å². The number of piperidine rings is 1. The Bertz CT molecular complexity index is 578. The molecule has 1 aromatic carbocycles. The average molecular weight is 282 g/mol. The van der Waals surface area contributed by atoms with Gasteiger partial charge in [0.15, 0.2) is 0 Å². The van der Waals surface area contributed by atoms with Gasteiger partial charge in [0.05, 0.1) is 11.4 Å². The molecule has 4 rings (SSSR count). The minimum atomic E-state index is 0.704. The van der Waals surface area contributed by atoms with Crippen molar-refractivity contribution < 1.29 is 0 Å². The number of para-hydroxylation sites is 1. The van der Waals surface area contributed by atoms with E-state index in [0.29, 0.717) is 6.04 Å². The second-order valence-electron chi connectivity index (χ2n) is 6.24. The topological polar surface area (TPSA) is 33.1 Å². The summed E-state index contributed by atoms with van der Waals surface area (Å²) >= 11 is 0. The smallest absolute Gasteiger partial charge is 0.0769 e. The van der Waals surface area contributed by atoms with Crippen molar-refractivity contribution in [2.75, 3.05) is 19.6 Å². The van der Waals surface area contributed by atoms with Gasteiger partial charge >= 0.3 is 0 Å². The van der Waals surface area contributed by atoms with E-state index in [-0.39, 0.29) is 0 Å². The summed E-state index contributed by atoms with van der Waals surface area (Å²) < 4.78 is 1.97. The molecular formula is C17H22N4. The minimum absolute atomic E-state index is 0.704. The average Bonchev–Trinajstić information content (AvgIpc) is 3.14.